The quantitative estimate of drug-likeness (QED) is 0.704. The van der Waals surface area contributed by atoms with Crippen molar-refractivity contribution in [2.24, 2.45) is 5.92 Å². The molecule has 0 aliphatic heterocycles. The van der Waals surface area contributed by atoms with Crippen LogP contribution in [0.15, 0.2) is 0 Å². The molecule has 2 rings (SSSR count). The summed E-state index contributed by atoms with van der Waals surface area (Å²) in [7, 11) is 0. The molecular weight excluding hydrogens is 216 g/mol. The fourth-order valence-electron chi connectivity index (χ4n) is 2.80. The topological polar surface area (TPSA) is 52.6 Å². The van der Waals surface area contributed by atoms with Gasteiger partial charge in [0.25, 0.3) is 0 Å². The van der Waals surface area contributed by atoms with Crippen LogP contribution in [0.1, 0.15) is 39.5 Å². The largest absolute Gasteiger partial charge is 0.480 e. The highest BCUT2D eigenvalue weighted by atomic mass is 16.4. The van der Waals surface area contributed by atoms with Crippen LogP contribution >= 0.6 is 0 Å². The number of hydrogen-bond donors (Lipinski definition) is 2. The minimum Gasteiger partial charge on any atom is -0.480 e. The maximum Gasteiger partial charge on any atom is 0.317 e. The van der Waals surface area contributed by atoms with Crippen molar-refractivity contribution >= 4 is 5.97 Å². The first kappa shape index (κ1) is 12.8. The van der Waals surface area contributed by atoms with E-state index in [0.29, 0.717) is 18.1 Å². The zero-order chi connectivity index (χ0) is 12.4. The van der Waals surface area contributed by atoms with E-state index >= 15 is 0 Å². The number of nitrogens with one attached hydrogen (secondary N) is 1. The lowest BCUT2D eigenvalue weighted by atomic mass is 9.84. The van der Waals surface area contributed by atoms with E-state index in [0.717, 1.165) is 25.3 Å². The van der Waals surface area contributed by atoms with Crippen molar-refractivity contribution in [3.05, 3.63) is 0 Å². The number of rotatable bonds is 7. The van der Waals surface area contributed by atoms with E-state index in [1.54, 1.807) is 0 Å². The van der Waals surface area contributed by atoms with Crippen molar-refractivity contribution in [3.8, 4) is 0 Å². The van der Waals surface area contributed by atoms with Gasteiger partial charge in [-0.15, -0.1) is 0 Å². The molecule has 2 aliphatic rings. The molecule has 2 saturated carbocycles. The second-order valence-electron chi connectivity index (χ2n) is 5.57. The van der Waals surface area contributed by atoms with Gasteiger partial charge in [0.15, 0.2) is 0 Å². The second kappa shape index (κ2) is 5.36. The van der Waals surface area contributed by atoms with Crippen molar-refractivity contribution < 1.29 is 9.90 Å². The average Bonchev–Trinajstić information content (AvgIpc) is 3.02. The number of nitrogens with zero attached hydrogens (tertiary/aromatic N) is 1. The molecule has 0 aromatic rings. The average molecular weight is 240 g/mol. The van der Waals surface area contributed by atoms with Crippen LogP contribution in [0.2, 0.25) is 0 Å². The number of aliphatic carboxylic acids is 1. The van der Waals surface area contributed by atoms with Gasteiger partial charge >= 0.3 is 5.97 Å². The predicted molar refractivity (Wildman–Crippen MR) is 67.0 cm³/mol. The lowest BCUT2D eigenvalue weighted by Crippen LogP contribution is -2.55. The Labute approximate surface area is 103 Å². The fourth-order valence-corrected chi connectivity index (χ4v) is 2.80. The Kier molecular flexibility index (Phi) is 4.05. The summed E-state index contributed by atoms with van der Waals surface area (Å²) in [5, 5.41) is 12.5. The van der Waals surface area contributed by atoms with E-state index in [-0.39, 0.29) is 6.54 Å². The van der Waals surface area contributed by atoms with Gasteiger partial charge in [-0.2, -0.15) is 0 Å². The van der Waals surface area contributed by atoms with Gasteiger partial charge in [-0.05, 0) is 45.1 Å². The van der Waals surface area contributed by atoms with Crippen molar-refractivity contribution in [3.63, 3.8) is 0 Å². The van der Waals surface area contributed by atoms with Crippen LogP contribution in [0.3, 0.4) is 0 Å². The Bertz CT molecular complexity index is 273. The highest BCUT2D eigenvalue weighted by Gasteiger charge is 2.36. The fraction of sp³-hybridized carbons (Fsp3) is 0.923. The van der Waals surface area contributed by atoms with E-state index in [1.807, 2.05) is 6.92 Å². The lowest BCUT2D eigenvalue weighted by molar-refractivity contribution is -0.139. The summed E-state index contributed by atoms with van der Waals surface area (Å²) in [6.45, 7) is 5.34. The highest BCUT2D eigenvalue weighted by molar-refractivity contribution is 5.69. The molecule has 4 nitrogen and oxygen atoms in total. The zero-order valence-corrected chi connectivity index (χ0v) is 10.9. The van der Waals surface area contributed by atoms with E-state index < -0.39 is 5.97 Å². The molecule has 2 N–H and O–H groups in total. The molecule has 1 unspecified atom stereocenters. The van der Waals surface area contributed by atoms with Gasteiger partial charge in [-0.25, -0.2) is 0 Å². The summed E-state index contributed by atoms with van der Waals surface area (Å²) in [5.41, 5.74) is 0. The first-order valence-electron chi connectivity index (χ1n) is 6.82. The third-order valence-corrected chi connectivity index (χ3v) is 4.20. The van der Waals surface area contributed by atoms with Crippen LogP contribution in [0, 0.1) is 5.92 Å². The van der Waals surface area contributed by atoms with Gasteiger partial charge in [0.2, 0.25) is 0 Å². The Morgan fingerprint density at radius 3 is 2.59 bits per heavy atom. The van der Waals surface area contributed by atoms with Gasteiger partial charge in [0.05, 0.1) is 6.54 Å². The summed E-state index contributed by atoms with van der Waals surface area (Å²) in [4.78, 5) is 12.8. The Morgan fingerprint density at radius 1 is 1.47 bits per heavy atom. The molecule has 0 saturated heterocycles. The molecule has 2 fully saturated rings. The first-order chi connectivity index (χ1) is 8.10. The standard InChI is InChI=1S/C13H24N2O2/c1-3-15(8-13(16)17)12-6-11(7-12)14-9(2)10-4-5-10/h9-12,14H,3-8H2,1-2H3,(H,16,17). The van der Waals surface area contributed by atoms with Crippen LogP contribution in [-0.2, 0) is 4.79 Å². The molecule has 0 amide bonds. The molecule has 4 heteroatoms. The van der Waals surface area contributed by atoms with E-state index in [2.05, 4.69) is 17.1 Å². The van der Waals surface area contributed by atoms with Crippen LogP contribution < -0.4 is 5.32 Å². The van der Waals surface area contributed by atoms with E-state index in [9.17, 15) is 4.79 Å². The Hall–Kier alpha value is -0.610. The molecule has 98 valence electrons. The number of likely N-dealkylation sites (N-methyl/N-ethyl adjacent to an activating group) is 1. The van der Waals surface area contributed by atoms with Crippen LogP contribution in [0.25, 0.3) is 0 Å². The van der Waals surface area contributed by atoms with Gasteiger partial charge < -0.3 is 10.4 Å². The molecule has 0 spiro atoms. The molecule has 17 heavy (non-hydrogen) atoms. The number of carboxylic acids is 1. The maximum atomic E-state index is 10.7. The van der Waals surface area contributed by atoms with Crippen LogP contribution in [-0.4, -0.2) is 47.2 Å². The summed E-state index contributed by atoms with van der Waals surface area (Å²) >= 11 is 0. The smallest absolute Gasteiger partial charge is 0.317 e. The third-order valence-electron chi connectivity index (χ3n) is 4.20. The summed E-state index contributed by atoms with van der Waals surface area (Å²) in [5.74, 6) is 0.185. The summed E-state index contributed by atoms with van der Waals surface area (Å²) < 4.78 is 0. The molecule has 0 aromatic heterocycles. The van der Waals surface area contributed by atoms with Crippen LogP contribution in [0.5, 0.6) is 0 Å². The highest BCUT2D eigenvalue weighted by Crippen LogP contribution is 2.34. The van der Waals surface area contributed by atoms with E-state index in [4.69, 9.17) is 5.11 Å². The maximum absolute atomic E-state index is 10.7. The Morgan fingerprint density at radius 2 is 2.12 bits per heavy atom. The first-order valence-corrected chi connectivity index (χ1v) is 6.82. The Balaban J connectivity index is 1.67. The number of carbonyl (C=O) groups is 1. The second-order valence-corrected chi connectivity index (χ2v) is 5.57. The van der Waals surface area contributed by atoms with Crippen molar-refractivity contribution in [2.75, 3.05) is 13.1 Å². The lowest BCUT2D eigenvalue weighted by Gasteiger charge is -2.43. The molecule has 0 aromatic carbocycles. The number of hydrogen-bond acceptors (Lipinski definition) is 3. The minimum atomic E-state index is -0.713. The zero-order valence-electron chi connectivity index (χ0n) is 10.9. The molecule has 0 bridgehead atoms. The van der Waals surface area contributed by atoms with Gasteiger partial charge in [-0.1, -0.05) is 6.92 Å². The van der Waals surface area contributed by atoms with Gasteiger partial charge in [0.1, 0.15) is 0 Å². The predicted octanol–water partition coefficient (Wildman–Crippen LogP) is 1.31. The summed E-state index contributed by atoms with van der Waals surface area (Å²) in [6, 6.07) is 1.73. The minimum absolute atomic E-state index is 0.187. The van der Waals surface area contributed by atoms with Crippen LogP contribution in [0.4, 0.5) is 0 Å². The van der Waals surface area contributed by atoms with Gasteiger partial charge in [0, 0.05) is 18.1 Å². The molecule has 0 heterocycles. The van der Waals surface area contributed by atoms with Gasteiger partial charge in [-0.3, -0.25) is 9.69 Å². The normalized spacial score (nSPS) is 30.1. The monoisotopic (exact) mass is 240 g/mol. The SMILES string of the molecule is CCN(CC(=O)O)C1CC(NC(C)C2CC2)C1. The van der Waals surface area contributed by atoms with Crippen molar-refractivity contribution in [2.45, 2.75) is 57.7 Å². The molecule has 2 aliphatic carbocycles. The number of carboxylic acid groups (broad SMARTS) is 1. The van der Waals surface area contributed by atoms with E-state index in [1.165, 1.54) is 12.8 Å². The summed E-state index contributed by atoms with van der Waals surface area (Å²) in [6.07, 6.45) is 4.98. The van der Waals surface area contributed by atoms with Crippen molar-refractivity contribution in [1.82, 2.24) is 10.2 Å². The molecule has 0 radical (unpaired) electrons. The third kappa shape index (κ3) is 3.42. The molecular formula is C13H24N2O2. The molecule has 1 atom stereocenters. The van der Waals surface area contributed by atoms with Crippen molar-refractivity contribution in [1.29, 1.82) is 0 Å².